The van der Waals surface area contributed by atoms with Crippen LogP contribution in [0.1, 0.15) is 23.8 Å². The van der Waals surface area contributed by atoms with Gasteiger partial charge in [0.1, 0.15) is 17.0 Å². The lowest BCUT2D eigenvalue weighted by Crippen LogP contribution is -2.09. The minimum absolute atomic E-state index is 0.284. The number of aromatic nitrogens is 2. The Balaban J connectivity index is 1.57. The van der Waals surface area contributed by atoms with Crippen molar-refractivity contribution in [3.63, 3.8) is 0 Å². The van der Waals surface area contributed by atoms with Crippen LogP contribution < -0.4 is 14.8 Å². The van der Waals surface area contributed by atoms with Gasteiger partial charge in [0, 0.05) is 16.6 Å². The summed E-state index contributed by atoms with van der Waals surface area (Å²) in [5.74, 6) is 3.19. The minimum atomic E-state index is 0.284. The zero-order valence-corrected chi connectivity index (χ0v) is 14.2. The molecule has 122 valence electrons. The molecule has 5 rings (SSSR count). The van der Waals surface area contributed by atoms with Gasteiger partial charge in [0.25, 0.3) is 0 Å². The fourth-order valence-corrected chi connectivity index (χ4v) is 4.83. The highest BCUT2D eigenvalue weighted by atomic mass is 32.1. The van der Waals surface area contributed by atoms with E-state index in [1.165, 1.54) is 22.2 Å². The molecule has 24 heavy (non-hydrogen) atoms. The van der Waals surface area contributed by atoms with Crippen molar-refractivity contribution in [2.24, 2.45) is 5.92 Å². The summed E-state index contributed by atoms with van der Waals surface area (Å²) in [5, 5.41) is 4.63. The second-order valence-electron chi connectivity index (χ2n) is 6.45. The molecule has 0 bridgehead atoms. The van der Waals surface area contributed by atoms with Gasteiger partial charge in [0.2, 0.25) is 6.79 Å². The van der Waals surface area contributed by atoms with Crippen LogP contribution >= 0.6 is 11.3 Å². The predicted molar refractivity (Wildman–Crippen MR) is 94.5 cm³/mol. The van der Waals surface area contributed by atoms with E-state index in [0.29, 0.717) is 0 Å². The monoisotopic (exact) mass is 339 g/mol. The maximum Gasteiger partial charge on any atom is 0.231 e. The number of benzene rings is 1. The molecule has 1 aliphatic heterocycles. The molecule has 3 aromatic rings. The fraction of sp³-hybridized carbons (Fsp3) is 0.333. The van der Waals surface area contributed by atoms with E-state index in [1.54, 1.807) is 6.33 Å². The predicted octanol–water partition coefficient (Wildman–Crippen LogP) is 4.29. The Hall–Kier alpha value is -2.34. The molecule has 0 amide bonds. The van der Waals surface area contributed by atoms with E-state index in [2.05, 4.69) is 22.2 Å². The highest BCUT2D eigenvalue weighted by molar-refractivity contribution is 7.19. The molecule has 6 heteroatoms. The summed E-state index contributed by atoms with van der Waals surface area (Å²) in [7, 11) is 0. The Labute approximate surface area is 143 Å². The number of rotatable bonds is 2. The average molecular weight is 339 g/mol. The number of hydrogen-bond acceptors (Lipinski definition) is 6. The van der Waals surface area contributed by atoms with Gasteiger partial charge in [-0.3, -0.25) is 0 Å². The van der Waals surface area contributed by atoms with Crippen molar-refractivity contribution in [1.29, 1.82) is 0 Å². The van der Waals surface area contributed by atoms with Crippen molar-refractivity contribution in [2.75, 3.05) is 12.1 Å². The Morgan fingerprint density at radius 1 is 1.21 bits per heavy atom. The topological polar surface area (TPSA) is 56.3 Å². The molecule has 0 radical (unpaired) electrons. The molecule has 1 unspecified atom stereocenters. The standard InChI is InChI=1S/C18H17N3O2S/c1-10-2-4-12-15(6-10)24-18-16(12)17(19-8-20-18)21-11-3-5-13-14(7-11)23-9-22-13/h3,5,7-8,10H,2,4,6,9H2,1H3,(H,19,20,21). The first kappa shape index (κ1) is 14.0. The molecule has 1 N–H and O–H groups in total. The summed E-state index contributed by atoms with van der Waals surface area (Å²) < 4.78 is 10.8. The van der Waals surface area contributed by atoms with Gasteiger partial charge in [0.15, 0.2) is 11.5 Å². The molecule has 0 saturated heterocycles. The SMILES string of the molecule is CC1CCc2c(sc3ncnc(Nc4ccc5c(c4)OCO5)c23)C1. The van der Waals surface area contributed by atoms with Crippen LogP contribution in [0.15, 0.2) is 24.5 Å². The zero-order chi connectivity index (χ0) is 16.1. The Morgan fingerprint density at radius 3 is 3.08 bits per heavy atom. The molecular weight excluding hydrogens is 322 g/mol. The smallest absolute Gasteiger partial charge is 0.231 e. The number of ether oxygens (including phenoxy) is 2. The highest BCUT2D eigenvalue weighted by Crippen LogP contribution is 2.41. The minimum Gasteiger partial charge on any atom is -0.454 e. The molecule has 1 atom stereocenters. The number of aryl methyl sites for hydroxylation is 1. The lowest BCUT2D eigenvalue weighted by Gasteiger charge is -2.18. The van der Waals surface area contributed by atoms with Gasteiger partial charge in [-0.1, -0.05) is 6.92 Å². The number of thiophene rings is 1. The van der Waals surface area contributed by atoms with E-state index in [1.807, 2.05) is 29.5 Å². The second kappa shape index (κ2) is 5.34. The fourth-order valence-electron chi connectivity index (χ4n) is 3.48. The van der Waals surface area contributed by atoms with E-state index < -0.39 is 0 Å². The van der Waals surface area contributed by atoms with Gasteiger partial charge in [-0.25, -0.2) is 9.97 Å². The molecular formula is C18H17N3O2S. The van der Waals surface area contributed by atoms with Gasteiger partial charge in [0.05, 0.1) is 5.39 Å². The first-order chi connectivity index (χ1) is 11.8. The van der Waals surface area contributed by atoms with Crippen molar-refractivity contribution in [1.82, 2.24) is 9.97 Å². The summed E-state index contributed by atoms with van der Waals surface area (Å²) in [5.41, 5.74) is 2.38. The number of nitrogens with zero attached hydrogens (tertiary/aromatic N) is 2. The van der Waals surface area contributed by atoms with E-state index >= 15 is 0 Å². The van der Waals surface area contributed by atoms with Crippen LogP contribution in [0, 0.1) is 5.92 Å². The van der Waals surface area contributed by atoms with Crippen molar-refractivity contribution >= 4 is 33.1 Å². The largest absolute Gasteiger partial charge is 0.454 e. The normalized spacial score (nSPS) is 18.6. The van der Waals surface area contributed by atoms with Gasteiger partial charge in [-0.2, -0.15) is 0 Å². The van der Waals surface area contributed by atoms with E-state index in [4.69, 9.17) is 9.47 Å². The lowest BCUT2D eigenvalue weighted by atomic mass is 9.89. The quantitative estimate of drug-likeness (QED) is 0.755. The molecule has 0 spiro atoms. The molecule has 2 aromatic heterocycles. The molecule has 5 nitrogen and oxygen atoms in total. The average Bonchev–Trinajstić information content (AvgIpc) is 3.18. The third-order valence-corrected chi connectivity index (χ3v) is 5.89. The second-order valence-corrected chi connectivity index (χ2v) is 7.53. The Morgan fingerprint density at radius 2 is 2.12 bits per heavy atom. The van der Waals surface area contributed by atoms with E-state index in [0.717, 1.165) is 46.6 Å². The zero-order valence-electron chi connectivity index (χ0n) is 13.3. The van der Waals surface area contributed by atoms with Crippen LogP contribution in [0.4, 0.5) is 11.5 Å². The van der Waals surface area contributed by atoms with Gasteiger partial charge in [-0.15, -0.1) is 11.3 Å². The van der Waals surface area contributed by atoms with Crippen LogP contribution in [0.5, 0.6) is 11.5 Å². The van der Waals surface area contributed by atoms with Crippen LogP contribution in [0.2, 0.25) is 0 Å². The third kappa shape index (κ3) is 2.21. The van der Waals surface area contributed by atoms with Gasteiger partial charge < -0.3 is 14.8 Å². The third-order valence-electron chi connectivity index (χ3n) is 4.73. The lowest BCUT2D eigenvalue weighted by molar-refractivity contribution is 0.174. The van der Waals surface area contributed by atoms with Crippen molar-refractivity contribution in [3.05, 3.63) is 35.0 Å². The molecule has 0 saturated carbocycles. The van der Waals surface area contributed by atoms with Crippen molar-refractivity contribution in [3.8, 4) is 11.5 Å². The molecule has 3 heterocycles. The first-order valence-corrected chi connectivity index (χ1v) is 9.01. The number of hydrogen-bond donors (Lipinski definition) is 1. The van der Waals surface area contributed by atoms with Crippen LogP contribution in [-0.2, 0) is 12.8 Å². The van der Waals surface area contributed by atoms with E-state index in [9.17, 15) is 0 Å². The van der Waals surface area contributed by atoms with Crippen molar-refractivity contribution < 1.29 is 9.47 Å². The number of fused-ring (bicyclic) bond motifs is 4. The summed E-state index contributed by atoms with van der Waals surface area (Å²) in [6.45, 7) is 2.61. The molecule has 0 fully saturated rings. The van der Waals surface area contributed by atoms with Gasteiger partial charge in [-0.05, 0) is 42.9 Å². The van der Waals surface area contributed by atoms with Crippen LogP contribution in [0.3, 0.4) is 0 Å². The maximum absolute atomic E-state index is 5.46. The number of anilines is 2. The van der Waals surface area contributed by atoms with Gasteiger partial charge >= 0.3 is 0 Å². The van der Waals surface area contributed by atoms with Crippen LogP contribution in [-0.4, -0.2) is 16.8 Å². The number of nitrogens with one attached hydrogen (secondary N) is 1. The molecule has 2 aliphatic rings. The molecule has 1 aliphatic carbocycles. The maximum atomic E-state index is 5.46. The Bertz CT molecular complexity index is 937. The highest BCUT2D eigenvalue weighted by Gasteiger charge is 2.23. The summed E-state index contributed by atoms with van der Waals surface area (Å²) >= 11 is 1.81. The Kier molecular flexibility index (Phi) is 3.13. The van der Waals surface area contributed by atoms with Crippen LogP contribution in [0.25, 0.3) is 10.2 Å². The molecule has 1 aromatic carbocycles. The van der Waals surface area contributed by atoms with E-state index in [-0.39, 0.29) is 6.79 Å². The summed E-state index contributed by atoms with van der Waals surface area (Å²) in [6.07, 6.45) is 5.14. The summed E-state index contributed by atoms with van der Waals surface area (Å²) in [6, 6.07) is 5.87. The first-order valence-electron chi connectivity index (χ1n) is 8.20. The van der Waals surface area contributed by atoms with Crippen molar-refractivity contribution in [2.45, 2.75) is 26.2 Å². The summed E-state index contributed by atoms with van der Waals surface area (Å²) in [4.78, 5) is 11.5.